The summed E-state index contributed by atoms with van der Waals surface area (Å²) in [6.07, 6.45) is 14.9. The average Bonchev–Trinajstić information content (AvgIpc) is 1.59. The van der Waals surface area contributed by atoms with Gasteiger partial charge in [-0.1, -0.05) is 36.4 Å². The summed E-state index contributed by atoms with van der Waals surface area (Å²) < 4.78 is 167. The number of likely N-dealkylation sites (tertiary alicyclic amines) is 3. The van der Waals surface area contributed by atoms with Crippen molar-refractivity contribution in [2.24, 2.45) is 0 Å². The Morgan fingerprint density at radius 2 is 0.673 bits per heavy atom. The van der Waals surface area contributed by atoms with Crippen LogP contribution in [0.4, 0.5) is 138 Å². The van der Waals surface area contributed by atoms with E-state index < -0.39 is 64.9 Å². The first-order valence-corrected chi connectivity index (χ1v) is 56.5. The van der Waals surface area contributed by atoms with Gasteiger partial charge in [-0.05, 0) is 378 Å². The number of halogens is 4. The first kappa shape index (κ1) is 113. The molecule has 150 heavy (non-hydrogen) atoms. The minimum atomic E-state index is -3.70. The smallest absolute Gasteiger partial charge is 0.240 e. The second-order valence-electron chi connectivity index (χ2n) is 43.3. The topological polar surface area (TPSA) is 366 Å². The van der Waals surface area contributed by atoms with Gasteiger partial charge in [0.25, 0.3) is 0 Å². The van der Waals surface area contributed by atoms with Crippen LogP contribution in [0.15, 0.2) is 201 Å². The Balaban J connectivity index is 0.000000158. The number of hydrogen-bond acceptors (Lipinski definition) is 27. The van der Waals surface area contributed by atoms with Crippen molar-refractivity contribution in [3.05, 3.63) is 269 Å². The van der Waals surface area contributed by atoms with Gasteiger partial charge in [0.2, 0.25) is 46.0 Å². The van der Waals surface area contributed by atoms with Crippen LogP contribution in [0.1, 0.15) is 184 Å². The summed E-state index contributed by atoms with van der Waals surface area (Å²) >= 11 is 0. The molecule has 0 amide bonds. The molecule has 7 aromatic carbocycles. The minimum Gasteiger partial charge on any atom is -0.367 e. The van der Waals surface area contributed by atoms with Gasteiger partial charge in [0.05, 0.1) is 47.4 Å². The fraction of sp³-hybridized carbons (Fsp3) is 0.405. The van der Waals surface area contributed by atoms with Crippen molar-refractivity contribution in [2.45, 2.75) is 192 Å². The summed E-state index contributed by atoms with van der Waals surface area (Å²) in [4.78, 5) is 37.8. The highest BCUT2D eigenvalue weighted by molar-refractivity contribution is 7.95. The lowest BCUT2D eigenvalue weighted by Crippen LogP contribution is -2.44. The number of fused-ring (bicyclic) bond motifs is 1. The molecule has 39 heteroatoms. The molecule has 4 saturated heterocycles. The van der Waals surface area contributed by atoms with E-state index in [1.54, 1.807) is 175 Å². The predicted molar refractivity (Wildman–Crippen MR) is 604 cm³/mol. The predicted octanol–water partition coefficient (Wildman–Crippen LogP) is 23.1. The molecule has 0 bridgehead atoms. The second kappa shape index (κ2) is 47.3. The number of nitrogens with one attached hydrogen (secondary N) is 11. The maximum Gasteiger partial charge on any atom is 0.240 e. The zero-order valence-corrected chi connectivity index (χ0v) is 92.6. The first-order chi connectivity index (χ1) is 70.6. The third-order valence-electron chi connectivity index (χ3n) is 27.4. The third kappa shape index (κ3) is 29.2. The molecule has 5 aliphatic rings. The summed E-state index contributed by atoms with van der Waals surface area (Å²) in [5, 5.41) is 25.9. The fourth-order valence-corrected chi connectivity index (χ4v) is 21.1. The summed E-state index contributed by atoms with van der Waals surface area (Å²) in [6, 6.07) is 50.6. The quantitative estimate of drug-likeness (QED) is 0.0213. The van der Waals surface area contributed by atoms with Crippen LogP contribution in [0.5, 0.6) is 0 Å². The molecule has 12 aromatic rings. The van der Waals surface area contributed by atoms with Crippen LogP contribution in [0, 0.1) is 51.0 Å². The number of nitrogens with zero attached hydrogens (tertiary/aromatic N) is 12. The van der Waals surface area contributed by atoms with Gasteiger partial charge in [0.1, 0.15) is 52.4 Å². The van der Waals surface area contributed by atoms with Gasteiger partial charge < -0.3 is 67.0 Å². The zero-order valence-electron chi connectivity index (χ0n) is 89.3. The summed E-state index contributed by atoms with van der Waals surface area (Å²) in [6.45, 7) is 37.2. The van der Waals surface area contributed by atoms with E-state index >= 15 is 4.39 Å². The molecular formula is C111H143F4N23O8S4. The highest BCUT2D eigenvalue weighted by Crippen LogP contribution is 2.43. The van der Waals surface area contributed by atoms with E-state index in [1.807, 2.05) is 87.6 Å². The van der Waals surface area contributed by atoms with E-state index in [9.17, 15) is 46.8 Å². The number of hydrogen-bond donors (Lipinski definition) is 11. The van der Waals surface area contributed by atoms with Crippen LogP contribution in [-0.4, -0.2) is 202 Å². The average molecular weight is 2130 g/mol. The standard InChI is InChI=1S/C28H35F2N7O2S.C28H36FN5O2S.C28H37N5O2S.C27H35FN6O2S/c1-17-15-32-27(34-25-14-23(30)21(16-31-25)18-6-9-36(5)10-7-18)35-26(17)33-19-12-22(29)20-8-11-37(24(20)13-19)40(38,39)28(2,3)4;1-19-18-30-27(32-22-9-10-24(25(29)16-22)20-11-13-34(5)14-12-20)17-26(19)31-21-7-6-8-23(15-21)33-37(35,36)28(2,3)4;1-20-19-29-27(31-23-11-9-21(10-12-23)22-13-15-33(5)16-14-22)18-26(20)30-24-7-6-8-25(17-24)32-36(34,35)28(2,3)4;1-19-18-29-26(31-21-9-10-25(23(28)16-21)34-13-11-33(5)12-14-34)17-24(19)30-20-7-6-8-22(15-20)32-37(35,36)27(2,3)4/h12-16,18H,6-11H2,1-5H3,(H2,31,32,33,34,35);6-10,15-18,20,33H,11-14H2,1-5H3,(H2,30,31,32);6-12,17-19,22,32H,13-16H2,1-5H3,(H2,29,30,31);6-10,15-18,32H,11-14H2,1-5H3,(H2,29,30,31). The number of piperidine rings is 3. The molecule has 5 aliphatic heterocycles. The molecule has 0 saturated carbocycles. The van der Waals surface area contributed by atoms with Gasteiger partial charge in [-0.3, -0.25) is 18.5 Å². The molecule has 5 aromatic heterocycles. The van der Waals surface area contributed by atoms with Crippen LogP contribution in [0.25, 0.3) is 0 Å². The Morgan fingerprint density at radius 1 is 0.307 bits per heavy atom. The van der Waals surface area contributed by atoms with Gasteiger partial charge >= 0.3 is 0 Å². The van der Waals surface area contributed by atoms with E-state index in [2.05, 4.69) is 164 Å². The monoisotopic (exact) mass is 2130 g/mol. The Morgan fingerprint density at radius 3 is 1.10 bits per heavy atom. The fourth-order valence-electron chi connectivity index (χ4n) is 17.4. The van der Waals surface area contributed by atoms with Crippen LogP contribution in [0.2, 0.25) is 0 Å². The van der Waals surface area contributed by atoms with E-state index in [4.69, 9.17) is 0 Å². The van der Waals surface area contributed by atoms with Gasteiger partial charge in [0, 0.05) is 162 Å². The SMILES string of the molecule is Cc1cnc(Nc2cc(F)c(C3CCN(C)CC3)cn2)nc1Nc1cc(F)c2c(c1)N(S(=O)(=O)C(C)(C)C)CC2.Cc1cnc(Nc2ccc(C3CCN(C)CC3)c(F)c2)cc1Nc1cccc(NS(=O)(=O)C(C)(C)C)c1.Cc1cnc(Nc2ccc(C3CCN(C)CC3)cc2)cc1Nc1cccc(NS(=O)(=O)C(C)(C)C)c1.Cc1cnc(Nc2ccc(N3CCN(C)CC3)c(F)c2)cc1Nc1cccc(NS(=O)(=O)C(C)(C)C)c1. The number of sulfonamides is 4. The summed E-state index contributed by atoms with van der Waals surface area (Å²) in [5.41, 5.74) is 16.4. The molecule has 10 heterocycles. The van der Waals surface area contributed by atoms with Gasteiger partial charge in [-0.15, -0.1) is 0 Å². The molecule has 17 rings (SSSR count). The van der Waals surface area contributed by atoms with Gasteiger partial charge in [-0.2, -0.15) is 4.98 Å². The molecule has 0 spiro atoms. The Hall–Kier alpha value is -13.0. The van der Waals surface area contributed by atoms with Gasteiger partial charge in [-0.25, -0.2) is 76.2 Å². The van der Waals surface area contributed by atoms with E-state index in [0.29, 0.717) is 92.0 Å². The lowest BCUT2D eigenvalue weighted by Gasteiger charge is -2.34. The van der Waals surface area contributed by atoms with Crippen LogP contribution in [-0.2, 0) is 46.5 Å². The molecule has 0 unspecified atom stereocenters. The largest absolute Gasteiger partial charge is 0.367 e. The molecular weight excluding hydrogens is 1990 g/mol. The molecule has 31 nitrogen and oxygen atoms in total. The lowest BCUT2D eigenvalue weighted by molar-refractivity contribution is 0.253. The van der Waals surface area contributed by atoms with Crippen LogP contribution in [0.3, 0.4) is 0 Å². The summed E-state index contributed by atoms with van der Waals surface area (Å²) in [5.74, 6) is 2.48. The number of aryl methyl sites for hydroxylation is 4. The molecule has 802 valence electrons. The highest BCUT2D eigenvalue weighted by Gasteiger charge is 2.41. The van der Waals surface area contributed by atoms with E-state index in [1.165, 1.54) is 47.0 Å². The Kier molecular flexibility index (Phi) is 35.5. The molecule has 11 N–H and O–H groups in total. The maximum atomic E-state index is 15.1. The minimum absolute atomic E-state index is 0.145. The number of likely N-dealkylation sites (N-methyl/N-ethyl adjacent to an activating group) is 1. The zero-order chi connectivity index (χ0) is 108. The van der Waals surface area contributed by atoms with Crippen molar-refractivity contribution in [3.8, 4) is 0 Å². The van der Waals surface area contributed by atoms with Crippen molar-refractivity contribution >= 4 is 160 Å². The lowest BCUT2D eigenvalue weighted by atomic mass is 9.89. The van der Waals surface area contributed by atoms with Crippen LogP contribution < -0.4 is 65.9 Å². The summed E-state index contributed by atoms with van der Waals surface area (Å²) in [7, 11) is -5.85. The molecule has 4 fully saturated rings. The number of rotatable bonds is 27. The van der Waals surface area contributed by atoms with Crippen LogP contribution >= 0.6 is 0 Å². The molecule has 0 atom stereocenters. The normalized spacial score (nSPS) is 15.7. The Bertz CT molecular complexity index is 7060. The first-order valence-electron chi connectivity index (χ1n) is 50.6. The van der Waals surface area contributed by atoms with Gasteiger partial charge in [0.15, 0.2) is 0 Å². The van der Waals surface area contributed by atoms with Crippen molar-refractivity contribution in [2.75, 3.05) is 166 Å². The second-order valence-corrected chi connectivity index (χ2v) is 53.2. The highest BCUT2D eigenvalue weighted by atomic mass is 32.2. The molecule has 0 aliphatic carbocycles. The third-order valence-corrected chi connectivity index (χ3v) is 36.2. The number of aromatic nitrogens is 6. The number of benzene rings is 7. The number of pyridine rings is 4. The van der Waals surface area contributed by atoms with Crippen molar-refractivity contribution < 1.29 is 51.2 Å². The van der Waals surface area contributed by atoms with Crippen molar-refractivity contribution in [1.29, 1.82) is 0 Å². The maximum absolute atomic E-state index is 15.1. The number of piperazine rings is 1. The van der Waals surface area contributed by atoms with Crippen molar-refractivity contribution in [1.82, 2.24) is 49.5 Å². The van der Waals surface area contributed by atoms with E-state index in [-0.39, 0.29) is 47.6 Å². The van der Waals surface area contributed by atoms with Crippen molar-refractivity contribution in [3.63, 3.8) is 0 Å². The molecule has 0 radical (unpaired) electrons. The number of anilines is 21. The Labute approximate surface area is 882 Å². The van der Waals surface area contributed by atoms with E-state index in [0.717, 1.165) is 159 Å².